The Morgan fingerprint density at radius 1 is 1.26 bits per heavy atom. The van der Waals surface area contributed by atoms with E-state index in [9.17, 15) is 4.79 Å². The van der Waals surface area contributed by atoms with Crippen molar-refractivity contribution < 1.29 is 14.6 Å². The van der Waals surface area contributed by atoms with Crippen LogP contribution in [0.15, 0.2) is 36.4 Å². The number of hydrogen-bond donors (Lipinski definition) is 2. The average molecular weight is 278 g/mol. The molecule has 2 rings (SSSR count). The number of benzene rings is 2. The molecule has 3 N–H and O–H groups in total. The van der Waals surface area contributed by atoms with Crippen molar-refractivity contribution in [1.82, 2.24) is 0 Å². The third-order valence-electron chi connectivity index (χ3n) is 2.57. The average Bonchev–Trinajstić information content (AvgIpc) is 2.36. The molecule has 0 fully saturated rings. The number of hydrogen-bond acceptors (Lipinski definition) is 3. The number of aromatic carboxylic acids is 1. The molecule has 19 heavy (non-hydrogen) atoms. The van der Waals surface area contributed by atoms with Crippen LogP contribution in [0.4, 0.5) is 5.69 Å². The van der Waals surface area contributed by atoms with Crippen LogP contribution in [0.25, 0.3) is 0 Å². The number of carbonyl (C=O) groups is 1. The van der Waals surface area contributed by atoms with E-state index in [1.54, 1.807) is 18.2 Å². The molecule has 0 unspecified atom stereocenters. The van der Waals surface area contributed by atoms with Gasteiger partial charge in [-0.05, 0) is 42.8 Å². The first kappa shape index (κ1) is 13.2. The maximum absolute atomic E-state index is 11.0. The highest BCUT2D eigenvalue weighted by Gasteiger charge is 2.10. The van der Waals surface area contributed by atoms with Gasteiger partial charge in [0.15, 0.2) is 0 Å². The van der Waals surface area contributed by atoms with E-state index in [1.165, 1.54) is 12.1 Å². The fourth-order valence-corrected chi connectivity index (χ4v) is 1.76. The molecule has 0 bridgehead atoms. The highest BCUT2D eigenvalue weighted by Crippen LogP contribution is 2.31. The van der Waals surface area contributed by atoms with Crippen molar-refractivity contribution in [2.45, 2.75) is 6.92 Å². The molecule has 2 aromatic rings. The zero-order valence-corrected chi connectivity index (χ0v) is 10.9. The molecule has 0 aromatic heterocycles. The lowest BCUT2D eigenvalue weighted by Crippen LogP contribution is -2.02. The molecule has 98 valence electrons. The lowest BCUT2D eigenvalue weighted by Gasteiger charge is -2.10. The van der Waals surface area contributed by atoms with E-state index in [2.05, 4.69) is 0 Å². The second kappa shape index (κ2) is 5.20. The molecule has 0 saturated heterocycles. The Labute approximate surface area is 115 Å². The minimum absolute atomic E-state index is 0.00118. The van der Waals surface area contributed by atoms with Gasteiger partial charge in [0.1, 0.15) is 11.5 Å². The van der Waals surface area contributed by atoms with E-state index in [0.717, 1.165) is 5.56 Å². The third kappa shape index (κ3) is 2.98. The number of carboxylic acids is 1. The highest BCUT2D eigenvalue weighted by molar-refractivity contribution is 6.32. The minimum Gasteiger partial charge on any atom is -0.478 e. The van der Waals surface area contributed by atoms with E-state index in [0.29, 0.717) is 16.5 Å². The molecule has 0 heterocycles. The van der Waals surface area contributed by atoms with Crippen LogP contribution in [-0.2, 0) is 0 Å². The SMILES string of the molecule is Cc1ccc(Cl)c(Oc2ccc(N)c(C(=O)O)c2)c1. The van der Waals surface area contributed by atoms with Crippen LogP contribution in [0.1, 0.15) is 15.9 Å². The summed E-state index contributed by atoms with van der Waals surface area (Å²) in [5.74, 6) is -0.250. The number of ether oxygens (including phenoxy) is 1. The van der Waals surface area contributed by atoms with Crippen LogP contribution in [0.5, 0.6) is 11.5 Å². The lowest BCUT2D eigenvalue weighted by molar-refractivity contribution is 0.0697. The maximum Gasteiger partial charge on any atom is 0.337 e. The number of anilines is 1. The molecule has 0 aliphatic carbocycles. The Kier molecular flexibility index (Phi) is 3.62. The van der Waals surface area contributed by atoms with Gasteiger partial charge in [-0.3, -0.25) is 0 Å². The quantitative estimate of drug-likeness (QED) is 0.839. The Balaban J connectivity index is 2.36. The highest BCUT2D eigenvalue weighted by atomic mass is 35.5. The number of nitrogens with two attached hydrogens (primary N) is 1. The maximum atomic E-state index is 11.0. The van der Waals surface area contributed by atoms with Gasteiger partial charge in [0.05, 0.1) is 10.6 Å². The molecule has 0 aliphatic rings. The molecule has 5 heteroatoms. The first-order chi connectivity index (χ1) is 8.97. The van der Waals surface area contributed by atoms with E-state index >= 15 is 0 Å². The molecular formula is C14H12ClNO3. The predicted octanol–water partition coefficient (Wildman–Crippen LogP) is 3.72. The van der Waals surface area contributed by atoms with Crippen molar-refractivity contribution in [2.24, 2.45) is 0 Å². The Morgan fingerprint density at radius 2 is 2.00 bits per heavy atom. The standard InChI is InChI=1S/C14H12ClNO3/c1-8-2-4-11(15)13(6-8)19-9-3-5-12(16)10(7-9)14(17)18/h2-7H,16H2,1H3,(H,17,18). The van der Waals surface area contributed by atoms with Gasteiger partial charge >= 0.3 is 5.97 Å². The molecule has 0 saturated carbocycles. The van der Waals surface area contributed by atoms with Crippen LogP contribution >= 0.6 is 11.6 Å². The van der Waals surface area contributed by atoms with E-state index in [1.807, 2.05) is 13.0 Å². The summed E-state index contributed by atoms with van der Waals surface area (Å²) in [6, 6.07) is 9.82. The van der Waals surface area contributed by atoms with E-state index < -0.39 is 5.97 Å². The van der Waals surface area contributed by atoms with E-state index in [-0.39, 0.29) is 11.3 Å². The zero-order valence-electron chi connectivity index (χ0n) is 10.2. The summed E-state index contributed by atoms with van der Waals surface area (Å²) in [4.78, 5) is 11.0. The van der Waals surface area contributed by atoms with E-state index in [4.69, 9.17) is 27.2 Å². The molecular weight excluding hydrogens is 266 g/mol. The van der Waals surface area contributed by atoms with Crippen molar-refractivity contribution in [3.8, 4) is 11.5 Å². The monoisotopic (exact) mass is 277 g/mol. The summed E-state index contributed by atoms with van der Waals surface area (Å²) in [6.07, 6.45) is 0. The molecule has 4 nitrogen and oxygen atoms in total. The van der Waals surface area contributed by atoms with Crippen LogP contribution in [0, 0.1) is 6.92 Å². The number of nitrogen functional groups attached to an aromatic ring is 1. The van der Waals surface area contributed by atoms with Crippen LogP contribution < -0.4 is 10.5 Å². The first-order valence-corrected chi connectivity index (χ1v) is 5.92. The summed E-state index contributed by atoms with van der Waals surface area (Å²) < 4.78 is 5.58. The van der Waals surface area contributed by atoms with Crippen molar-refractivity contribution >= 4 is 23.3 Å². The number of halogens is 1. The summed E-state index contributed by atoms with van der Waals surface area (Å²) >= 11 is 6.01. The molecule has 0 amide bonds. The normalized spacial score (nSPS) is 10.2. The van der Waals surface area contributed by atoms with Crippen molar-refractivity contribution in [3.05, 3.63) is 52.5 Å². The third-order valence-corrected chi connectivity index (χ3v) is 2.88. The number of rotatable bonds is 3. The van der Waals surface area contributed by atoms with Gasteiger partial charge in [-0.15, -0.1) is 0 Å². The summed E-state index contributed by atoms with van der Waals surface area (Å²) in [6.45, 7) is 1.91. The number of carboxylic acid groups (broad SMARTS) is 1. The lowest BCUT2D eigenvalue weighted by atomic mass is 10.1. The summed E-state index contributed by atoms with van der Waals surface area (Å²) in [7, 11) is 0. The second-order valence-electron chi connectivity index (χ2n) is 4.09. The van der Waals surface area contributed by atoms with Gasteiger partial charge in [0, 0.05) is 5.69 Å². The number of aryl methyl sites for hydroxylation is 1. The van der Waals surface area contributed by atoms with Crippen LogP contribution in [0.3, 0.4) is 0 Å². The smallest absolute Gasteiger partial charge is 0.337 e. The minimum atomic E-state index is -1.10. The van der Waals surface area contributed by atoms with Gasteiger partial charge in [-0.25, -0.2) is 4.79 Å². The Hall–Kier alpha value is -2.20. The van der Waals surface area contributed by atoms with Gasteiger partial charge in [0.2, 0.25) is 0 Å². The molecule has 2 aromatic carbocycles. The molecule has 0 aliphatic heterocycles. The summed E-state index contributed by atoms with van der Waals surface area (Å²) in [5.41, 5.74) is 6.76. The van der Waals surface area contributed by atoms with Gasteiger partial charge < -0.3 is 15.6 Å². The second-order valence-corrected chi connectivity index (χ2v) is 4.50. The van der Waals surface area contributed by atoms with Gasteiger partial charge in [-0.1, -0.05) is 17.7 Å². The Bertz CT molecular complexity index is 641. The molecule has 0 radical (unpaired) electrons. The van der Waals surface area contributed by atoms with Gasteiger partial charge in [-0.2, -0.15) is 0 Å². The van der Waals surface area contributed by atoms with Crippen LogP contribution in [0.2, 0.25) is 5.02 Å². The topological polar surface area (TPSA) is 72.5 Å². The fourth-order valence-electron chi connectivity index (χ4n) is 1.60. The van der Waals surface area contributed by atoms with Gasteiger partial charge in [0.25, 0.3) is 0 Å². The predicted molar refractivity (Wildman–Crippen MR) is 74.1 cm³/mol. The molecule has 0 spiro atoms. The largest absolute Gasteiger partial charge is 0.478 e. The molecule has 0 atom stereocenters. The Morgan fingerprint density at radius 3 is 2.68 bits per heavy atom. The zero-order chi connectivity index (χ0) is 14.0. The fraction of sp³-hybridized carbons (Fsp3) is 0.0714. The van der Waals surface area contributed by atoms with Crippen molar-refractivity contribution in [2.75, 3.05) is 5.73 Å². The van der Waals surface area contributed by atoms with Crippen LogP contribution in [-0.4, -0.2) is 11.1 Å². The first-order valence-electron chi connectivity index (χ1n) is 5.54. The van der Waals surface area contributed by atoms with Crippen molar-refractivity contribution in [1.29, 1.82) is 0 Å². The summed E-state index contributed by atoms with van der Waals surface area (Å²) in [5, 5.41) is 9.45. The van der Waals surface area contributed by atoms with Crippen molar-refractivity contribution in [3.63, 3.8) is 0 Å².